The van der Waals surface area contributed by atoms with Crippen molar-refractivity contribution >= 4 is 34.6 Å². The molecule has 17 heavy (non-hydrogen) atoms. The molecule has 4 nitrogen and oxygen atoms in total. The Morgan fingerprint density at radius 1 is 1.47 bits per heavy atom. The first-order valence-electron chi connectivity index (χ1n) is 4.72. The zero-order valence-electron chi connectivity index (χ0n) is 8.94. The average Bonchev–Trinajstić information content (AvgIpc) is 2.75. The van der Waals surface area contributed by atoms with Gasteiger partial charge in [-0.1, -0.05) is 11.6 Å². The van der Waals surface area contributed by atoms with Gasteiger partial charge in [0, 0.05) is 6.20 Å². The van der Waals surface area contributed by atoms with Gasteiger partial charge in [0.15, 0.2) is 0 Å². The molecule has 0 saturated heterocycles. The molecule has 0 radical (unpaired) electrons. The average molecular weight is 269 g/mol. The van der Waals surface area contributed by atoms with Crippen LogP contribution in [0.1, 0.15) is 10.4 Å². The van der Waals surface area contributed by atoms with Crippen LogP contribution in [0, 0.1) is 0 Å². The number of esters is 1. The minimum absolute atomic E-state index is 0.304. The van der Waals surface area contributed by atoms with Gasteiger partial charge < -0.3 is 10.5 Å². The molecule has 2 aromatic rings. The lowest BCUT2D eigenvalue weighted by molar-refractivity contribution is 0.0602. The van der Waals surface area contributed by atoms with Crippen LogP contribution in [0.25, 0.3) is 10.6 Å². The monoisotopic (exact) mass is 268 g/mol. The van der Waals surface area contributed by atoms with Crippen molar-refractivity contribution in [2.24, 2.45) is 0 Å². The highest BCUT2D eigenvalue weighted by molar-refractivity contribution is 7.19. The summed E-state index contributed by atoms with van der Waals surface area (Å²) in [6, 6.07) is 5.10. The molecule has 0 amide bonds. The second kappa shape index (κ2) is 4.73. The van der Waals surface area contributed by atoms with Crippen molar-refractivity contribution in [1.82, 2.24) is 4.98 Å². The number of nitrogens with zero attached hydrogens (tertiary/aromatic N) is 1. The van der Waals surface area contributed by atoms with Crippen molar-refractivity contribution < 1.29 is 9.53 Å². The fraction of sp³-hybridized carbons (Fsp3) is 0.0909. The van der Waals surface area contributed by atoms with Crippen molar-refractivity contribution in [3.8, 4) is 10.6 Å². The van der Waals surface area contributed by atoms with E-state index in [1.807, 2.05) is 6.07 Å². The third-order valence-corrected chi connectivity index (χ3v) is 3.44. The molecule has 0 saturated carbocycles. The van der Waals surface area contributed by atoms with Crippen LogP contribution < -0.4 is 5.73 Å². The number of hydrogen-bond donors (Lipinski definition) is 1. The number of aromatic nitrogens is 1. The van der Waals surface area contributed by atoms with Gasteiger partial charge in [0.25, 0.3) is 0 Å². The van der Waals surface area contributed by atoms with Gasteiger partial charge >= 0.3 is 5.97 Å². The number of hydrogen-bond acceptors (Lipinski definition) is 5. The zero-order valence-corrected chi connectivity index (χ0v) is 10.5. The number of methoxy groups -OCH3 is 1. The number of nitrogens with two attached hydrogens (primary N) is 1. The summed E-state index contributed by atoms with van der Waals surface area (Å²) in [5.41, 5.74) is 7.06. The van der Waals surface area contributed by atoms with Crippen LogP contribution in [0.3, 0.4) is 0 Å². The SMILES string of the molecule is COC(=O)c1ccnc(-c2ccc(Cl)s2)c1N. The van der Waals surface area contributed by atoms with Crippen molar-refractivity contribution in [3.63, 3.8) is 0 Å². The van der Waals surface area contributed by atoms with E-state index in [2.05, 4.69) is 9.72 Å². The second-order valence-electron chi connectivity index (χ2n) is 3.22. The largest absolute Gasteiger partial charge is 0.465 e. The quantitative estimate of drug-likeness (QED) is 0.851. The molecule has 2 heterocycles. The molecule has 0 fully saturated rings. The van der Waals surface area contributed by atoms with Crippen LogP contribution in [0.5, 0.6) is 0 Å². The van der Waals surface area contributed by atoms with Crippen LogP contribution >= 0.6 is 22.9 Å². The lowest BCUT2D eigenvalue weighted by Crippen LogP contribution is -2.07. The molecular weight excluding hydrogens is 260 g/mol. The molecule has 2 N–H and O–H groups in total. The Kier molecular flexibility index (Phi) is 3.31. The number of carbonyl (C=O) groups excluding carboxylic acids is 1. The summed E-state index contributed by atoms with van der Waals surface area (Å²) in [5, 5.41) is 0. The van der Waals surface area contributed by atoms with E-state index in [4.69, 9.17) is 17.3 Å². The molecular formula is C11H9ClN2O2S. The van der Waals surface area contributed by atoms with E-state index in [0.717, 1.165) is 4.88 Å². The van der Waals surface area contributed by atoms with E-state index >= 15 is 0 Å². The molecule has 0 aliphatic carbocycles. The Morgan fingerprint density at radius 2 is 2.24 bits per heavy atom. The van der Waals surface area contributed by atoms with E-state index in [-0.39, 0.29) is 0 Å². The molecule has 0 aliphatic rings. The molecule has 6 heteroatoms. The summed E-state index contributed by atoms with van der Waals surface area (Å²) in [5.74, 6) is -0.478. The predicted molar refractivity (Wildman–Crippen MR) is 68.3 cm³/mol. The van der Waals surface area contributed by atoms with Gasteiger partial charge in [-0.3, -0.25) is 4.98 Å². The zero-order chi connectivity index (χ0) is 12.4. The number of ether oxygens (including phenoxy) is 1. The molecule has 2 aromatic heterocycles. The number of anilines is 1. The van der Waals surface area contributed by atoms with Crippen LogP contribution in [-0.4, -0.2) is 18.1 Å². The van der Waals surface area contributed by atoms with Gasteiger partial charge in [-0.05, 0) is 18.2 Å². The summed E-state index contributed by atoms with van der Waals surface area (Å²) in [7, 11) is 1.31. The van der Waals surface area contributed by atoms with Gasteiger partial charge in [-0.15, -0.1) is 11.3 Å². The van der Waals surface area contributed by atoms with E-state index in [0.29, 0.717) is 21.3 Å². The smallest absolute Gasteiger partial charge is 0.340 e. The van der Waals surface area contributed by atoms with Crippen molar-refractivity contribution in [2.45, 2.75) is 0 Å². The van der Waals surface area contributed by atoms with Crippen molar-refractivity contribution in [3.05, 3.63) is 34.3 Å². The highest BCUT2D eigenvalue weighted by Crippen LogP contribution is 2.34. The summed E-state index contributed by atoms with van der Waals surface area (Å²) in [6.07, 6.45) is 1.52. The van der Waals surface area contributed by atoms with Gasteiger partial charge in [-0.2, -0.15) is 0 Å². The maximum Gasteiger partial charge on any atom is 0.340 e. The van der Waals surface area contributed by atoms with Gasteiger partial charge in [0.2, 0.25) is 0 Å². The Labute approximate surface area is 107 Å². The Bertz CT molecular complexity index is 568. The number of pyridine rings is 1. The van der Waals surface area contributed by atoms with Crippen LogP contribution in [0.4, 0.5) is 5.69 Å². The molecule has 0 atom stereocenters. The third-order valence-electron chi connectivity index (χ3n) is 2.20. The van der Waals surface area contributed by atoms with Crippen LogP contribution in [-0.2, 0) is 4.74 Å². The summed E-state index contributed by atoms with van der Waals surface area (Å²) < 4.78 is 5.29. The van der Waals surface area contributed by atoms with Crippen LogP contribution in [0.2, 0.25) is 4.34 Å². The molecule has 88 valence electrons. The molecule has 0 bridgehead atoms. The molecule has 2 rings (SSSR count). The first kappa shape index (κ1) is 11.9. The van der Waals surface area contributed by atoms with Gasteiger partial charge in [-0.25, -0.2) is 4.79 Å². The lowest BCUT2D eigenvalue weighted by Gasteiger charge is -2.06. The number of halogens is 1. The van der Waals surface area contributed by atoms with E-state index in [1.54, 1.807) is 6.07 Å². The van der Waals surface area contributed by atoms with Crippen LogP contribution in [0.15, 0.2) is 24.4 Å². The second-order valence-corrected chi connectivity index (χ2v) is 4.93. The third kappa shape index (κ3) is 2.25. The minimum Gasteiger partial charge on any atom is -0.465 e. The summed E-state index contributed by atoms with van der Waals surface area (Å²) in [4.78, 5) is 16.4. The lowest BCUT2D eigenvalue weighted by atomic mass is 10.1. The fourth-order valence-electron chi connectivity index (χ4n) is 1.40. The van der Waals surface area contributed by atoms with Gasteiger partial charge in [0.1, 0.15) is 5.69 Å². The highest BCUT2D eigenvalue weighted by atomic mass is 35.5. The van der Waals surface area contributed by atoms with Gasteiger partial charge in [0.05, 0.1) is 27.6 Å². The number of thiophene rings is 1. The minimum atomic E-state index is -0.478. The first-order valence-corrected chi connectivity index (χ1v) is 5.91. The Hall–Kier alpha value is -1.59. The number of nitrogen functional groups attached to an aromatic ring is 1. The van der Waals surface area contributed by atoms with Crippen molar-refractivity contribution in [2.75, 3.05) is 12.8 Å². The van der Waals surface area contributed by atoms with Crippen molar-refractivity contribution in [1.29, 1.82) is 0 Å². The van der Waals surface area contributed by atoms with E-state index in [9.17, 15) is 4.79 Å². The highest BCUT2D eigenvalue weighted by Gasteiger charge is 2.15. The molecule has 0 spiro atoms. The normalized spacial score (nSPS) is 10.2. The fourth-order valence-corrected chi connectivity index (χ4v) is 2.45. The predicted octanol–water partition coefficient (Wildman–Crippen LogP) is 2.83. The molecule has 0 unspecified atom stereocenters. The van der Waals surface area contributed by atoms with E-state index < -0.39 is 5.97 Å². The topological polar surface area (TPSA) is 65.2 Å². The summed E-state index contributed by atoms with van der Waals surface area (Å²) in [6.45, 7) is 0. The number of rotatable bonds is 2. The Morgan fingerprint density at radius 3 is 2.82 bits per heavy atom. The Balaban J connectivity index is 2.53. The molecule has 0 aliphatic heterocycles. The van der Waals surface area contributed by atoms with E-state index in [1.165, 1.54) is 30.7 Å². The maximum atomic E-state index is 11.5. The number of carbonyl (C=O) groups is 1. The standard InChI is InChI=1S/C11H9ClN2O2S/c1-16-11(15)6-4-5-14-10(9(6)13)7-2-3-8(12)17-7/h2-5H,13H2,1H3. The first-order chi connectivity index (χ1) is 8.13. The maximum absolute atomic E-state index is 11.5. The molecule has 0 aromatic carbocycles. The summed E-state index contributed by atoms with van der Waals surface area (Å²) >= 11 is 7.20.